The Labute approximate surface area is 127 Å². The molecule has 0 fully saturated rings. The molecule has 0 saturated heterocycles. The van der Waals surface area contributed by atoms with Crippen LogP contribution in [0, 0.1) is 0 Å². The van der Waals surface area contributed by atoms with Crippen molar-refractivity contribution in [1.29, 1.82) is 0 Å². The number of amides is 2. The van der Waals surface area contributed by atoms with Crippen LogP contribution < -0.4 is 5.32 Å². The maximum absolute atomic E-state index is 11.9. The molecule has 0 spiro atoms. The van der Waals surface area contributed by atoms with Gasteiger partial charge in [0.2, 0.25) is 5.91 Å². The van der Waals surface area contributed by atoms with Gasteiger partial charge in [-0.25, -0.2) is 4.79 Å². The lowest BCUT2D eigenvalue weighted by Crippen LogP contribution is -2.50. The monoisotopic (exact) mass is 312 g/mol. The number of nitrogens with one attached hydrogen (secondary N) is 1. The second-order valence-corrected chi connectivity index (χ2v) is 6.10. The number of likely N-dealkylation sites (N-methyl/N-ethyl adjacent to an activating group) is 1. The molecule has 0 aromatic carbocycles. The van der Waals surface area contributed by atoms with Gasteiger partial charge in [-0.3, -0.25) is 9.59 Å². The molecule has 116 valence electrons. The van der Waals surface area contributed by atoms with Gasteiger partial charge in [-0.1, -0.05) is 6.07 Å². The summed E-state index contributed by atoms with van der Waals surface area (Å²) >= 11 is 1.35. The van der Waals surface area contributed by atoms with Crippen LogP contribution in [0.2, 0.25) is 0 Å². The maximum Gasteiger partial charge on any atom is 0.329 e. The van der Waals surface area contributed by atoms with Crippen molar-refractivity contribution in [2.45, 2.75) is 32.2 Å². The molecule has 2 N–H and O–H groups in total. The highest BCUT2D eigenvalue weighted by atomic mass is 32.1. The van der Waals surface area contributed by atoms with E-state index in [1.807, 2.05) is 5.38 Å². The molecule has 1 rings (SSSR count). The fraction of sp³-hybridized carbons (Fsp3) is 0.500. The Hall–Kier alpha value is -1.89. The standard InChI is InChI=1S/C14H20N2O4S/c1-14(2,13(19)20)16(3)11(17)7-4-8-15-12(18)10-6-5-9-21-10/h5-6,9H,4,7-8H2,1-3H3,(H,15,18)(H,19,20). The van der Waals surface area contributed by atoms with Crippen LogP contribution in [0.25, 0.3) is 0 Å². The number of hydrogen-bond acceptors (Lipinski definition) is 4. The van der Waals surface area contributed by atoms with E-state index in [1.54, 1.807) is 12.1 Å². The summed E-state index contributed by atoms with van der Waals surface area (Å²) in [6.07, 6.45) is 0.661. The number of rotatable bonds is 7. The summed E-state index contributed by atoms with van der Waals surface area (Å²) in [5.41, 5.74) is -1.24. The maximum atomic E-state index is 11.9. The average Bonchev–Trinajstić information content (AvgIpc) is 2.96. The average molecular weight is 312 g/mol. The topological polar surface area (TPSA) is 86.7 Å². The SMILES string of the molecule is CN(C(=O)CCCNC(=O)c1cccs1)C(C)(C)C(=O)O. The van der Waals surface area contributed by atoms with Crippen molar-refractivity contribution < 1.29 is 19.5 Å². The molecule has 6 nitrogen and oxygen atoms in total. The Morgan fingerprint density at radius 3 is 2.57 bits per heavy atom. The van der Waals surface area contributed by atoms with Crippen molar-refractivity contribution in [3.63, 3.8) is 0 Å². The predicted molar refractivity (Wildman–Crippen MR) is 80.4 cm³/mol. The van der Waals surface area contributed by atoms with E-state index in [2.05, 4.69) is 5.32 Å². The molecule has 1 heterocycles. The van der Waals surface area contributed by atoms with Crippen LogP contribution in [-0.2, 0) is 9.59 Å². The van der Waals surface area contributed by atoms with Gasteiger partial charge in [0.25, 0.3) is 5.91 Å². The van der Waals surface area contributed by atoms with Gasteiger partial charge in [-0.05, 0) is 31.7 Å². The van der Waals surface area contributed by atoms with Gasteiger partial charge in [0.15, 0.2) is 0 Å². The lowest BCUT2D eigenvalue weighted by molar-refractivity contribution is -0.155. The molecule has 2 amide bonds. The minimum absolute atomic E-state index is 0.156. The molecule has 0 bridgehead atoms. The Morgan fingerprint density at radius 1 is 1.38 bits per heavy atom. The van der Waals surface area contributed by atoms with Crippen molar-refractivity contribution in [2.24, 2.45) is 0 Å². The van der Waals surface area contributed by atoms with E-state index in [0.717, 1.165) is 0 Å². The van der Waals surface area contributed by atoms with Crippen LogP contribution >= 0.6 is 11.3 Å². The molecule has 0 unspecified atom stereocenters. The molecule has 0 radical (unpaired) electrons. The van der Waals surface area contributed by atoms with Crippen LogP contribution in [0.15, 0.2) is 17.5 Å². The van der Waals surface area contributed by atoms with Crippen molar-refractivity contribution in [3.05, 3.63) is 22.4 Å². The molecule has 0 aliphatic rings. The largest absolute Gasteiger partial charge is 0.480 e. The zero-order chi connectivity index (χ0) is 16.0. The highest BCUT2D eigenvalue weighted by molar-refractivity contribution is 7.12. The second-order valence-electron chi connectivity index (χ2n) is 5.15. The van der Waals surface area contributed by atoms with E-state index in [-0.39, 0.29) is 18.2 Å². The number of carboxylic acid groups (broad SMARTS) is 1. The van der Waals surface area contributed by atoms with Crippen molar-refractivity contribution in [1.82, 2.24) is 10.2 Å². The first-order valence-electron chi connectivity index (χ1n) is 6.58. The van der Waals surface area contributed by atoms with Gasteiger partial charge in [-0.15, -0.1) is 11.3 Å². The van der Waals surface area contributed by atoms with Crippen LogP contribution in [0.4, 0.5) is 0 Å². The van der Waals surface area contributed by atoms with E-state index in [9.17, 15) is 14.4 Å². The number of carbonyl (C=O) groups excluding carboxylic acids is 2. The third kappa shape index (κ3) is 4.56. The number of aliphatic carboxylic acids is 1. The third-order valence-electron chi connectivity index (χ3n) is 3.33. The number of carboxylic acids is 1. The Balaban J connectivity index is 2.34. The lowest BCUT2D eigenvalue weighted by Gasteiger charge is -2.31. The molecule has 7 heteroatoms. The summed E-state index contributed by atoms with van der Waals surface area (Å²) in [5.74, 6) is -1.46. The fourth-order valence-corrected chi connectivity index (χ4v) is 2.20. The van der Waals surface area contributed by atoms with Gasteiger partial charge in [0, 0.05) is 20.0 Å². The Morgan fingerprint density at radius 2 is 2.05 bits per heavy atom. The van der Waals surface area contributed by atoms with Crippen LogP contribution in [-0.4, -0.2) is 46.9 Å². The van der Waals surface area contributed by atoms with Crippen molar-refractivity contribution >= 4 is 29.1 Å². The Kier molecular flexibility index (Phi) is 5.90. The normalized spacial score (nSPS) is 11.0. The van der Waals surface area contributed by atoms with Gasteiger partial charge >= 0.3 is 5.97 Å². The molecular formula is C14H20N2O4S. The Bertz CT molecular complexity index is 511. The lowest BCUT2D eigenvalue weighted by atomic mass is 10.0. The quantitative estimate of drug-likeness (QED) is 0.748. The van der Waals surface area contributed by atoms with E-state index in [1.165, 1.54) is 37.1 Å². The molecular weight excluding hydrogens is 292 g/mol. The number of carbonyl (C=O) groups is 3. The highest BCUT2D eigenvalue weighted by Crippen LogP contribution is 2.14. The first-order valence-corrected chi connectivity index (χ1v) is 7.46. The van der Waals surface area contributed by atoms with Gasteiger partial charge < -0.3 is 15.3 Å². The fourth-order valence-electron chi connectivity index (χ4n) is 1.56. The summed E-state index contributed by atoms with van der Waals surface area (Å²) < 4.78 is 0. The molecule has 21 heavy (non-hydrogen) atoms. The number of nitrogens with zero attached hydrogens (tertiary/aromatic N) is 1. The third-order valence-corrected chi connectivity index (χ3v) is 4.20. The zero-order valence-corrected chi connectivity index (χ0v) is 13.2. The molecule has 0 saturated carbocycles. The van der Waals surface area contributed by atoms with E-state index >= 15 is 0 Å². The molecule has 1 aromatic rings. The molecule has 0 atom stereocenters. The minimum atomic E-state index is -1.24. The molecule has 0 aliphatic carbocycles. The van der Waals surface area contributed by atoms with E-state index in [4.69, 9.17) is 5.11 Å². The predicted octanol–water partition coefficient (Wildman–Crippen LogP) is 1.58. The number of hydrogen-bond donors (Lipinski definition) is 2. The summed E-state index contributed by atoms with van der Waals surface area (Å²) in [7, 11) is 1.47. The summed E-state index contributed by atoms with van der Waals surface area (Å²) in [4.78, 5) is 36.5. The van der Waals surface area contributed by atoms with Crippen LogP contribution in [0.3, 0.4) is 0 Å². The van der Waals surface area contributed by atoms with Gasteiger partial charge in [0.05, 0.1) is 4.88 Å². The minimum Gasteiger partial charge on any atom is -0.480 e. The van der Waals surface area contributed by atoms with Crippen LogP contribution in [0.5, 0.6) is 0 Å². The molecule has 1 aromatic heterocycles. The summed E-state index contributed by atoms with van der Waals surface area (Å²) in [5, 5.41) is 13.6. The van der Waals surface area contributed by atoms with Crippen LogP contribution in [0.1, 0.15) is 36.4 Å². The highest BCUT2D eigenvalue weighted by Gasteiger charge is 2.34. The van der Waals surface area contributed by atoms with E-state index in [0.29, 0.717) is 17.8 Å². The zero-order valence-electron chi connectivity index (χ0n) is 12.4. The van der Waals surface area contributed by atoms with Crippen molar-refractivity contribution in [2.75, 3.05) is 13.6 Å². The van der Waals surface area contributed by atoms with E-state index < -0.39 is 11.5 Å². The second kappa shape index (κ2) is 7.21. The first kappa shape index (κ1) is 17.2. The summed E-state index contributed by atoms with van der Waals surface area (Å²) in [6.45, 7) is 3.33. The van der Waals surface area contributed by atoms with Gasteiger partial charge in [-0.2, -0.15) is 0 Å². The van der Waals surface area contributed by atoms with Gasteiger partial charge in [0.1, 0.15) is 5.54 Å². The number of thiophene rings is 1. The summed E-state index contributed by atoms with van der Waals surface area (Å²) in [6, 6.07) is 3.53. The van der Waals surface area contributed by atoms with Crippen molar-refractivity contribution in [3.8, 4) is 0 Å². The smallest absolute Gasteiger partial charge is 0.329 e. The molecule has 0 aliphatic heterocycles. The first-order chi connectivity index (χ1) is 9.76.